The Morgan fingerprint density at radius 1 is 1.25 bits per heavy atom. The van der Waals surface area contributed by atoms with Gasteiger partial charge in [0, 0.05) is 38.4 Å². The topological polar surface area (TPSA) is 80.7 Å². The Balaban J connectivity index is 1.71. The van der Waals surface area contributed by atoms with Gasteiger partial charge in [0.05, 0.1) is 32.6 Å². The predicted molar refractivity (Wildman–Crippen MR) is 106 cm³/mol. The Morgan fingerprint density at radius 2 is 1.96 bits per heavy atom. The summed E-state index contributed by atoms with van der Waals surface area (Å²) in [6, 6.07) is 7.66. The number of aromatic nitrogens is 2. The van der Waals surface area contributed by atoms with Crippen molar-refractivity contribution in [2.45, 2.75) is 12.1 Å². The fourth-order valence-corrected chi connectivity index (χ4v) is 3.51. The number of nitrogens with one attached hydrogen (secondary N) is 2. The van der Waals surface area contributed by atoms with Gasteiger partial charge in [0.2, 0.25) is 5.91 Å². The van der Waals surface area contributed by atoms with E-state index in [0.29, 0.717) is 19.8 Å². The molecule has 0 bridgehead atoms. The Labute approximate surface area is 165 Å². The molecule has 2 atom stereocenters. The van der Waals surface area contributed by atoms with Gasteiger partial charge in [0.1, 0.15) is 11.8 Å². The van der Waals surface area contributed by atoms with Gasteiger partial charge in [0.15, 0.2) is 0 Å². The predicted octanol–water partition coefficient (Wildman–Crippen LogP) is 0.879. The van der Waals surface area contributed by atoms with Crippen LogP contribution in [0.25, 0.3) is 0 Å². The van der Waals surface area contributed by atoms with Crippen molar-refractivity contribution in [1.29, 1.82) is 0 Å². The second kappa shape index (κ2) is 9.68. The zero-order chi connectivity index (χ0) is 19.9. The molecule has 1 fully saturated rings. The molecule has 2 unspecified atom stereocenters. The molecule has 152 valence electrons. The summed E-state index contributed by atoms with van der Waals surface area (Å²) in [4.78, 5) is 15.2. The second-order valence-corrected chi connectivity index (χ2v) is 6.85. The number of amides is 1. The molecule has 1 aliphatic heterocycles. The van der Waals surface area contributed by atoms with Crippen molar-refractivity contribution in [3.8, 4) is 5.75 Å². The lowest BCUT2D eigenvalue weighted by atomic mass is 10.0. The van der Waals surface area contributed by atoms with E-state index in [4.69, 9.17) is 9.47 Å². The number of carbonyl (C=O) groups is 1. The van der Waals surface area contributed by atoms with Gasteiger partial charge >= 0.3 is 0 Å². The molecule has 0 saturated carbocycles. The Bertz CT molecular complexity index is 755. The molecule has 2 N–H and O–H groups in total. The molecule has 3 rings (SSSR count). The van der Waals surface area contributed by atoms with Crippen LogP contribution in [0.4, 0.5) is 0 Å². The summed E-state index contributed by atoms with van der Waals surface area (Å²) in [6.45, 7) is 3.60. The summed E-state index contributed by atoms with van der Waals surface area (Å²) in [5, 5.41) is 10.4. The summed E-state index contributed by atoms with van der Waals surface area (Å²) < 4.78 is 12.5. The minimum absolute atomic E-state index is 0.0673. The monoisotopic (exact) mass is 387 g/mol. The molecule has 28 heavy (non-hydrogen) atoms. The third-order valence-electron chi connectivity index (χ3n) is 5.07. The molecule has 0 radical (unpaired) electrons. The van der Waals surface area contributed by atoms with Crippen LogP contribution in [0.1, 0.15) is 23.2 Å². The summed E-state index contributed by atoms with van der Waals surface area (Å²) in [7, 11) is 5.28. The maximum Gasteiger partial charge on any atom is 0.241 e. The number of methoxy groups -OCH3 is 1. The first-order chi connectivity index (χ1) is 13.6. The summed E-state index contributed by atoms with van der Waals surface area (Å²) in [5.74, 6) is 0.752. The third-order valence-corrected chi connectivity index (χ3v) is 5.07. The van der Waals surface area contributed by atoms with Gasteiger partial charge in [-0.2, -0.15) is 5.10 Å². The molecule has 0 aliphatic carbocycles. The SMILES string of the molecule is CNC(C(=O)NCC(c1ccc(OC)cc1)N1CCOCC1)c1cnn(C)c1. The molecule has 1 aromatic heterocycles. The highest BCUT2D eigenvalue weighted by Crippen LogP contribution is 2.24. The first-order valence-corrected chi connectivity index (χ1v) is 9.51. The Hall–Kier alpha value is -2.42. The van der Waals surface area contributed by atoms with Crippen molar-refractivity contribution in [2.24, 2.45) is 7.05 Å². The van der Waals surface area contributed by atoms with E-state index in [2.05, 4.69) is 32.8 Å². The fraction of sp³-hybridized carbons (Fsp3) is 0.500. The molecule has 1 amide bonds. The number of rotatable bonds is 8. The van der Waals surface area contributed by atoms with Crippen LogP contribution in [0.15, 0.2) is 36.7 Å². The lowest BCUT2D eigenvalue weighted by Gasteiger charge is -2.35. The van der Waals surface area contributed by atoms with Crippen molar-refractivity contribution in [3.63, 3.8) is 0 Å². The number of morpholine rings is 1. The number of ether oxygens (including phenoxy) is 2. The number of hydrogen-bond donors (Lipinski definition) is 2. The molecule has 1 aromatic carbocycles. The van der Waals surface area contributed by atoms with Crippen molar-refractivity contribution in [1.82, 2.24) is 25.3 Å². The largest absolute Gasteiger partial charge is 0.497 e. The molecule has 8 nitrogen and oxygen atoms in total. The molecule has 2 aromatic rings. The summed E-state index contributed by atoms with van der Waals surface area (Å²) in [6.07, 6.45) is 3.56. The molecule has 2 heterocycles. The second-order valence-electron chi connectivity index (χ2n) is 6.85. The number of aryl methyl sites for hydroxylation is 1. The van der Waals surface area contributed by atoms with Crippen LogP contribution >= 0.6 is 0 Å². The minimum Gasteiger partial charge on any atom is -0.497 e. The highest BCUT2D eigenvalue weighted by Gasteiger charge is 2.26. The quantitative estimate of drug-likeness (QED) is 0.700. The smallest absolute Gasteiger partial charge is 0.241 e. The van der Waals surface area contributed by atoms with Gasteiger partial charge < -0.3 is 20.1 Å². The molecule has 1 aliphatic rings. The fourth-order valence-electron chi connectivity index (χ4n) is 3.51. The van der Waals surface area contributed by atoms with Crippen LogP contribution in [0.3, 0.4) is 0 Å². The van der Waals surface area contributed by atoms with E-state index in [1.165, 1.54) is 0 Å². The normalized spacial score (nSPS) is 17.1. The average Bonchev–Trinajstić information content (AvgIpc) is 3.16. The number of likely N-dealkylation sites (N-methyl/N-ethyl adjacent to an activating group) is 1. The highest BCUT2D eigenvalue weighted by atomic mass is 16.5. The molecular weight excluding hydrogens is 358 g/mol. The van der Waals surface area contributed by atoms with Crippen LogP contribution in [-0.2, 0) is 16.6 Å². The van der Waals surface area contributed by atoms with E-state index in [1.807, 2.05) is 25.4 Å². The number of nitrogens with zero attached hydrogens (tertiary/aromatic N) is 3. The van der Waals surface area contributed by atoms with Gasteiger partial charge in [0.25, 0.3) is 0 Å². The zero-order valence-corrected chi connectivity index (χ0v) is 16.7. The van der Waals surface area contributed by atoms with Gasteiger partial charge in [-0.05, 0) is 24.7 Å². The highest BCUT2D eigenvalue weighted by molar-refractivity contribution is 5.83. The van der Waals surface area contributed by atoms with Crippen LogP contribution in [0.2, 0.25) is 0 Å². The number of benzene rings is 1. The van der Waals surface area contributed by atoms with Gasteiger partial charge in [-0.15, -0.1) is 0 Å². The first-order valence-electron chi connectivity index (χ1n) is 9.51. The zero-order valence-electron chi connectivity index (χ0n) is 16.7. The van der Waals surface area contributed by atoms with Crippen molar-refractivity contribution in [3.05, 3.63) is 47.8 Å². The molecule has 1 saturated heterocycles. The number of hydrogen-bond acceptors (Lipinski definition) is 6. The van der Waals surface area contributed by atoms with Gasteiger partial charge in [-0.3, -0.25) is 14.4 Å². The maximum atomic E-state index is 12.8. The van der Waals surface area contributed by atoms with Crippen LogP contribution in [0, 0.1) is 0 Å². The van der Waals surface area contributed by atoms with E-state index in [-0.39, 0.29) is 11.9 Å². The van der Waals surface area contributed by atoms with Crippen LogP contribution in [0.5, 0.6) is 5.75 Å². The number of carbonyl (C=O) groups excluding carboxylic acids is 1. The maximum absolute atomic E-state index is 12.8. The van der Waals surface area contributed by atoms with Crippen LogP contribution < -0.4 is 15.4 Å². The van der Waals surface area contributed by atoms with Crippen molar-refractivity contribution < 1.29 is 14.3 Å². The molecular formula is C20H29N5O3. The first kappa shape index (κ1) is 20.3. The Morgan fingerprint density at radius 3 is 2.54 bits per heavy atom. The van der Waals surface area contributed by atoms with Gasteiger partial charge in [-0.1, -0.05) is 12.1 Å². The van der Waals surface area contributed by atoms with Crippen molar-refractivity contribution >= 4 is 5.91 Å². The van der Waals surface area contributed by atoms with Crippen molar-refractivity contribution in [2.75, 3.05) is 47.0 Å². The Kier molecular flexibility index (Phi) is 7.02. The van der Waals surface area contributed by atoms with E-state index >= 15 is 0 Å². The average molecular weight is 387 g/mol. The van der Waals surface area contributed by atoms with E-state index in [1.54, 1.807) is 25.0 Å². The van der Waals surface area contributed by atoms with Crippen LogP contribution in [-0.4, -0.2) is 67.6 Å². The van der Waals surface area contributed by atoms with Gasteiger partial charge in [-0.25, -0.2) is 0 Å². The minimum atomic E-state index is -0.435. The summed E-state index contributed by atoms with van der Waals surface area (Å²) in [5.41, 5.74) is 1.99. The molecule has 0 spiro atoms. The van der Waals surface area contributed by atoms with E-state index in [0.717, 1.165) is 30.0 Å². The lowest BCUT2D eigenvalue weighted by molar-refractivity contribution is -0.123. The standard InChI is InChI=1S/C20H29N5O3/c1-21-19(16-12-23-24(2)14-16)20(26)22-13-18(25-8-10-28-11-9-25)15-4-6-17(27-3)7-5-15/h4-7,12,14,18-19,21H,8-11,13H2,1-3H3,(H,22,26). The lowest BCUT2D eigenvalue weighted by Crippen LogP contribution is -2.45. The van der Waals surface area contributed by atoms with E-state index < -0.39 is 6.04 Å². The molecule has 8 heteroatoms. The summed E-state index contributed by atoms with van der Waals surface area (Å²) >= 11 is 0. The van der Waals surface area contributed by atoms with E-state index in [9.17, 15) is 4.79 Å². The third kappa shape index (κ3) is 4.89.